The Labute approximate surface area is 268 Å². The van der Waals surface area contributed by atoms with Crippen LogP contribution in [0.3, 0.4) is 0 Å². The van der Waals surface area contributed by atoms with E-state index in [0.717, 1.165) is 17.5 Å². The summed E-state index contributed by atoms with van der Waals surface area (Å²) in [5.41, 5.74) is 2.82. The maximum atomic E-state index is 14.8. The van der Waals surface area contributed by atoms with Crippen LogP contribution in [0.4, 0.5) is 17.6 Å². The maximum absolute atomic E-state index is 14.8. The first-order chi connectivity index (χ1) is 22.3. The topological polar surface area (TPSA) is 110 Å². The van der Waals surface area contributed by atoms with E-state index in [0.29, 0.717) is 32.1 Å². The lowest BCUT2D eigenvalue weighted by Gasteiger charge is -2.60. The molecule has 0 amide bonds. The van der Waals surface area contributed by atoms with Crippen molar-refractivity contribution in [1.82, 2.24) is 0 Å². The summed E-state index contributed by atoms with van der Waals surface area (Å²) in [6, 6.07) is 16.3. The molecule has 0 aliphatic heterocycles. The van der Waals surface area contributed by atoms with Crippen molar-refractivity contribution >= 4 is 22.1 Å². The number of fused-ring (bicyclic) bond motifs is 1. The molecule has 0 N–H and O–H groups in total. The van der Waals surface area contributed by atoms with Crippen molar-refractivity contribution in [2.24, 2.45) is 28.6 Å². The second kappa shape index (κ2) is 10.4. The van der Waals surface area contributed by atoms with E-state index in [-0.39, 0.29) is 42.7 Å². The van der Waals surface area contributed by atoms with Crippen LogP contribution in [0.1, 0.15) is 79.0 Å². The minimum Gasteiger partial charge on any atom is -0.744 e. The highest BCUT2D eigenvalue weighted by Crippen LogP contribution is 2.66. The quantitative estimate of drug-likeness (QED) is 0.0972. The zero-order valence-corrected chi connectivity index (χ0v) is 25.8. The van der Waals surface area contributed by atoms with Crippen LogP contribution in [0.15, 0.2) is 53.4 Å². The standard InChI is InChI=1S/C35H30F4O7S/c36-26-28(38)31(47(42,43)44)29(39)27(37)30(26)46-33(41)35-13-17-9-18(14-35)12-34(11-17,15-35)16-45-32(40)24-10-23-19-5-1-3-7-21(19)25(24)22-8-4-2-6-20(22)23/h1-8,17-18,23-25H,9-16H2,(H,42,43,44)/p-1. The van der Waals surface area contributed by atoms with Gasteiger partial charge in [0, 0.05) is 17.3 Å². The Morgan fingerprint density at radius 2 is 1.32 bits per heavy atom. The second-order valence-electron chi connectivity index (χ2n) is 14.2. The van der Waals surface area contributed by atoms with Crippen LogP contribution in [0.25, 0.3) is 0 Å². The minimum atomic E-state index is -5.92. The summed E-state index contributed by atoms with van der Waals surface area (Å²) in [6.07, 6.45) is 3.60. The first-order valence-corrected chi connectivity index (χ1v) is 17.1. The number of benzene rings is 3. The molecule has 7 aliphatic rings. The number of rotatable bonds is 6. The Hall–Kier alpha value is -3.77. The predicted octanol–water partition coefficient (Wildman–Crippen LogP) is 6.48. The van der Waals surface area contributed by atoms with E-state index in [1.807, 2.05) is 24.3 Å². The normalized spacial score (nSPS) is 31.3. The highest BCUT2D eigenvalue weighted by Gasteiger charge is 2.62. The van der Waals surface area contributed by atoms with Crippen molar-refractivity contribution in [3.63, 3.8) is 0 Å². The van der Waals surface area contributed by atoms with Gasteiger partial charge in [-0.2, -0.15) is 8.78 Å². The van der Waals surface area contributed by atoms with Crippen molar-refractivity contribution in [3.8, 4) is 5.75 Å². The van der Waals surface area contributed by atoms with Gasteiger partial charge in [-0.15, -0.1) is 0 Å². The summed E-state index contributed by atoms with van der Waals surface area (Å²) in [7, 11) is -5.92. The lowest BCUT2D eigenvalue weighted by atomic mass is 9.44. The van der Waals surface area contributed by atoms with Gasteiger partial charge in [-0.25, -0.2) is 17.2 Å². The number of carbonyl (C=O) groups is 2. The predicted molar refractivity (Wildman–Crippen MR) is 155 cm³/mol. The van der Waals surface area contributed by atoms with E-state index in [2.05, 4.69) is 24.3 Å². The Balaban J connectivity index is 1.04. The zero-order chi connectivity index (χ0) is 33.0. The SMILES string of the molecule is O=C(OCC12CC3CC(C1)CC(C(=O)Oc1c(F)c(F)c(S(=O)(=O)[O-])c(F)c1F)(C3)C2)C1CC2c3ccccc3C1c1ccccc12. The molecule has 3 unspecified atom stereocenters. The summed E-state index contributed by atoms with van der Waals surface area (Å²) in [5, 5.41) is 0. The van der Waals surface area contributed by atoms with E-state index in [9.17, 15) is 40.1 Å². The van der Waals surface area contributed by atoms with Crippen LogP contribution in [0, 0.1) is 51.9 Å². The van der Waals surface area contributed by atoms with Gasteiger partial charge in [0.2, 0.25) is 17.4 Å². The maximum Gasteiger partial charge on any atom is 0.317 e. The van der Waals surface area contributed by atoms with Gasteiger partial charge in [-0.1, -0.05) is 48.5 Å². The Morgan fingerprint density at radius 1 is 0.787 bits per heavy atom. The number of carbonyl (C=O) groups excluding carboxylic acids is 2. The molecule has 7 aliphatic carbocycles. The third-order valence-electron chi connectivity index (χ3n) is 11.4. The number of halogens is 4. The molecule has 0 heterocycles. The molecule has 4 saturated carbocycles. The van der Waals surface area contributed by atoms with E-state index in [4.69, 9.17) is 9.47 Å². The molecule has 3 aromatic rings. The summed E-state index contributed by atoms with van der Waals surface area (Å²) in [5.74, 6) is -13.1. The van der Waals surface area contributed by atoms with Crippen LogP contribution >= 0.6 is 0 Å². The summed E-state index contributed by atoms with van der Waals surface area (Å²) >= 11 is 0. The smallest absolute Gasteiger partial charge is 0.317 e. The summed E-state index contributed by atoms with van der Waals surface area (Å²) in [6.45, 7) is 0.0487. The van der Waals surface area contributed by atoms with Crippen molar-refractivity contribution in [2.75, 3.05) is 6.61 Å². The van der Waals surface area contributed by atoms with Crippen LogP contribution in [-0.2, 0) is 24.4 Å². The van der Waals surface area contributed by atoms with Crippen molar-refractivity contribution in [2.45, 2.75) is 61.7 Å². The molecule has 3 atom stereocenters. The first-order valence-electron chi connectivity index (χ1n) is 15.7. The molecule has 10 rings (SSSR count). The van der Waals surface area contributed by atoms with Crippen molar-refractivity contribution in [3.05, 3.63) is 94.1 Å². The van der Waals surface area contributed by atoms with Crippen LogP contribution in [0.2, 0.25) is 0 Å². The van der Waals surface area contributed by atoms with Crippen LogP contribution in [-0.4, -0.2) is 31.5 Å². The second-order valence-corrected chi connectivity index (χ2v) is 15.6. The van der Waals surface area contributed by atoms with Gasteiger partial charge in [0.1, 0.15) is 15.0 Å². The fourth-order valence-electron chi connectivity index (χ4n) is 10.2. The molecule has 0 spiro atoms. The fourth-order valence-corrected chi connectivity index (χ4v) is 10.8. The number of esters is 2. The highest BCUT2D eigenvalue weighted by atomic mass is 32.2. The zero-order valence-electron chi connectivity index (χ0n) is 24.9. The summed E-state index contributed by atoms with van der Waals surface area (Å²) in [4.78, 5) is 25.2. The van der Waals surface area contributed by atoms with Gasteiger partial charge in [0.05, 0.1) is 17.9 Å². The average molecular weight is 670 g/mol. The fraction of sp³-hybridized carbons (Fsp3) is 0.429. The molecule has 0 radical (unpaired) electrons. The number of ether oxygens (including phenoxy) is 2. The van der Waals surface area contributed by atoms with E-state index in [1.165, 1.54) is 11.1 Å². The molecular formula is C35H29F4O7S-. The molecule has 0 aromatic heterocycles. The van der Waals surface area contributed by atoms with Crippen LogP contribution in [0.5, 0.6) is 5.75 Å². The lowest BCUT2D eigenvalue weighted by Crippen LogP contribution is -2.57. The monoisotopic (exact) mass is 669 g/mol. The molecule has 246 valence electrons. The molecule has 4 fully saturated rings. The van der Waals surface area contributed by atoms with Gasteiger partial charge < -0.3 is 14.0 Å². The van der Waals surface area contributed by atoms with E-state index in [1.54, 1.807) is 0 Å². The summed E-state index contributed by atoms with van der Waals surface area (Å²) < 4.78 is 103. The van der Waals surface area contributed by atoms with Gasteiger partial charge >= 0.3 is 11.9 Å². The molecule has 6 bridgehead atoms. The molecule has 12 heteroatoms. The van der Waals surface area contributed by atoms with E-state index < -0.39 is 66.7 Å². The molecule has 7 nitrogen and oxygen atoms in total. The largest absolute Gasteiger partial charge is 0.744 e. The molecule has 0 saturated heterocycles. The Kier molecular flexibility index (Phi) is 6.74. The highest BCUT2D eigenvalue weighted by molar-refractivity contribution is 7.85. The van der Waals surface area contributed by atoms with Gasteiger partial charge in [0.15, 0.2) is 11.6 Å². The minimum absolute atomic E-state index is 0.0306. The molecular weight excluding hydrogens is 640 g/mol. The van der Waals surface area contributed by atoms with Gasteiger partial charge in [-0.05, 0) is 79.0 Å². The first kappa shape index (κ1) is 30.6. The van der Waals surface area contributed by atoms with E-state index >= 15 is 0 Å². The average Bonchev–Trinajstić information content (AvgIpc) is 3.03. The van der Waals surface area contributed by atoms with Gasteiger partial charge in [-0.3, -0.25) is 9.59 Å². The molecule has 3 aromatic carbocycles. The third kappa shape index (κ3) is 4.57. The molecule has 47 heavy (non-hydrogen) atoms. The Bertz CT molecular complexity index is 1890. The number of hydrogen-bond donors (Lipinski definition) is 0. The van der Waals surface area contributed by atoms with Gasteiger partial charge in [0.25, 0.3) is 0 Å². The van der Waals surface area contributed by atoms with Crippen molar-refractivity contribution < 1.29 is 49.6 Å². The number of hydrogen-bond acceptors (Lipinski definition) is 7. The Morgan fingerprint density at radius 3 is 1.85 bits per heavy atom. The third-order valence-corrected chi connectivity index (χ3v) is 12.2. The van der Waals surface area contributed by atoms with Crippen molar-refractivity contribution in [1.29, 1.82) is 0 Å². The lowest BCUT2D eigenvalue weighted by molar-refractivity contribution is -0.183. The van der Waals surface area contributed by atoms with Crippen LogP contribution < -0.4 is 4.74 Å².